The Balaban J connectivity index is 1.63. The summed E-state index contributed by atoms with van der Waals surface area (Å²) in [4.78, 5) is 39.4. The molecule has 0 aliphatic carbocycles. The molecule has 0 spiro atoms. The number of hydrogen-bond acceptors (Lipinski definition) is 3. The number of amides is 4. The summed E-state index contributed by atoms with van der Waals surface area (Å²) in [6.45, 7) is 9.73. The van der Waals surface area contributed by atoms with Gasteiger partial charge in [0.1, 0.15) is 12.1 Å². The molecule has 1 saturated heterocycles. The molecule has 6 heteroatoms. The van der Waals surface area contributed by atoms with Crippen molar-refractivity contribution >= 4 is 17.8 Å². The van der Waals surface area contributed by atoms with Gasteiger partial charge in [-0.2, -0.15) is 0 Å². The van der Waals surface area contributed by atoms with Crippen LogP contribution >= 0.6 is 0 Å². The molecule has 2 unspecified atom stereocenters. The molecule has 2 atom stereocenters. The molecule has 176 valence electrons. The minimum atomic E-state index is -1.18. The van der Waals surface area contributed by atoms with Crippen LogP contribution in [0.1, 0.15) is 69.3 Å². The van der Waals surface area contributed by atoms with Gasteiger partial charge in [0.25, 0.3) is 5.91 Å². The highest BCUT2D eigenvalue weighted by Gasteiger charge is 2.49. The minimum absolute atomic E-state index is 0.233. The zero-order valence-electron chi connectivity index (χ0n) is 20.3. The zero-order chi connectivity index (χ0) is 24.2. The van der Waals surface area contributed by atoms with Crippen LogP contribution in [0.15, 0.2) is 48.5 Å². The first-order chi connectivity index (χ1) is 15.6. The molecule has 1 heterocycles. The van der Waals surface area contributed by atoms with Crippen LogP contribution in [-0.2, 0) is 28.0 Å². The molecule has 6 nitrogen and oxygen atoms in total. The number of carbonyl (C=O) groups excluding carboxylic acids is 3. The Morgan fingerprint density at radius 2 is 1.61 bits per heavy atom. The Morgan fingerprint density at radius 3 is 2.18 bits per heavy atom. The Morgan fingerprint density at radius 1 is 1.00 bits per heavy atom. The maximum atomic E-state index is 13.1. The van der Waals surface area contributed by atoms with Crippen molar-refractivity contribution in [3.05, 3.63) is 70.8 Å². The fraction of sp³-hybridized carbons (Fsp3) is 0.444. The SMILES string of the molecule is CCCc1ccc(C2(C)NC(=O)N(CC(=O)NC(C)c3ccc(CC(C)C)cc3)C2=O)cc1. The highest BCUT2D eigenvalue weighted by molar-refractivity contribution is 6.09. The molecule has 0 bridgehead atoms. The molecule has 2 aromatic rings. The summed E-state index contributed by atoms with van der Waals surface area (Å²) in [7, 11) is 0. The fourth-order valence-electron chi connectivity index (χ4n) is 4.26. The minimum Gasteiger partial charge on any atom is -0.348 e. The molecular weight excluding hydrogens is 414 g/mol. The van der Waals surface area contributed by atoms with E-state index >= 15 is 0 Å². The lowest BCUT2D eigenvalue weighted by Gasteiger charge is -2.23. The Labute approximate surface area is 196 Å². The molecule has 1 aliphatic rings. The number of urea groups is 1. The van der Waals surface area contributed by atoms with Gasteiger partial charge in [-0.3, -0.25) is 14.5 Å². The monoisotopic (exact) mass is 449 g/mol. The predicted molar refractivity (Wildman–Crippen MR) is 130 cm³/mol. The molecule has 0 aromatic heterocycles. The highest BCUT2D eigenvalue weighted by atomic mass is 16.2. The van der Waals surface area contributed by atoms with Crippen LogP contribution < -0.4 is 10.6 Å². The summed E-state index contributed by atoms with van der Waals surface area (Å²) in [6, 6.07) is 15.1. The van der Waals surface area contributed by atoms with Crippen molar-refractivity contribution in [2.24, 2.45) is 5.92 Å². The van der Waals surface area contributed by atoms with E-state index in [1.165, 1.54) is 11.1 Å². The molecule has 3 rings (SSSR count). The summed E-state index contributed by atoms with van der Waals surface area (Å²) in [5.74, 6) is -0.214. The summed E-state index contributed by atoms with van der Waals surface area (Å²) >= 11 is 0. The van der Waals surface area contributed by atoms with Crippen LogP contribution in [-0.4, -0.2) is 29.3 Å². The molecule has 2 N–H and O–H groups in total. The first-order valence-corrected chi connectivity index (χ1v) is 11.8. The second-order valence-corrected chi connectivity index (χ2v) is 9.52. The quantitative estimate of drug-likeness (QED) is 0.554. The largest absolute Gasteiger partial charge is 0.348 e. The van der Waals surface area contributed by atoms with Crippen LogP contribution in [0, 0.1) is 5.92 Å². The number of benzene rings is 2. The lowest BCUT2D eigenvalue weighted by Crippen LogP contribution is -2.43. The molecular formula is C27H35N3O3. The van der Waals surface area contributed by atoms with Gasteiger partial charge >= 0.3 is 6.03 Å². The summed E-state index contributed by atoms with van der Waals surface area (Å²) in [5, 5.41) is 5.67. The van der Waals surface area contributed by atoms with Crippen molar-refractivity contribution < 1.29 is 14.4 Å². The maximum Gasteiger partial charge on any atom is 0.325 e. The molecule has 0 saturated carbocycles. The predicted octanol–water partition coefficient (Wildman–Crippen LogP) is 4.48. The number of imide groups is 1. The first-order valence-electron chi connectivity index (χ1n) is 11.8. The molecule has 4 amide bonds. The second kappa shape index (κ2) is 10.2. The third kappa shape index (κ3) is 5.62. The van der Waals surface area contributed by atoms with Gasteiger partial charge in [0, 0.05) is 0 Å². The summed E-state index contributed by atoms with van der Waals surface area (Å²) in [5.41, 5.74) is 2.95. The molecule has 1 fully saturated rings. The average Bonchev–Trinajstić information content (AvgIpc) is 2.98. The van der Waals surface area contributed by atoms with E-state index < -0.39 is 17.5 Å². The molecule has 1 aliphatic heterocycles. The van der Waals surface area contributed by atoms with E-state index in [1.807, 2.05) is 43.3 Å². The van der Waals surface area contributed by atoms with Crippen LogP contribution in [0.3, 0.4) is 0 Å². The van der Waals surface area contributed by atoms with E-state index in [0.717, 1.165) is 29.7 Å². The average molecular weight is 450 g/mol. The van der Waals surface area contributed by atoms with Crippen molar-refractivity contribution in [2.75, 3.05) is 6.54 Å². The van der Waals surface area contributed by atoms with E-state index in [2.05, 4.69) is 43.5 Å². The zero-order valence-corrected chi connectivity index (χ0v) is 20.3. The van der Waals surface area contributed by atoms with Crippen molar-refractivity contribution in [2.45, 2.75) is 65.5 Å². The third-order valence-corrected chi connectivity index (χ3v) is 6.15. The van der Waals surface area contributed by atoms with Gasteiger partial charge in [-0.15, -0.1) is 0 Å². The lowest BCUT2D eigenvalue weighted by molar-refractivity contribution is -0.135. The van der Waals surface area contributed by atoms with E-state index in [9.17, 15) is 14.4 Å². The maximum absolute atomic E-state index is 13.1. The summed E-state index contributed by atoms with van der Waals surface area (Å²) < 4.78 is 0. The van der Waals surface area contributed by atoms with Gasteiger partial charge in [-0.05, 0) is 54.9 Å². The van der Waals surface area contributed by atoms with Crippen molar-refractivity contribution in [1.29, 1.82) is 0 Å². The second-order valence-electron chi connectivity index (χ2n) is 9.52. The highest BCUT2D eigenvalue weighted by Crippen LogP contribution is 2.29. The van der Waals surface area contributed by atoms with Gasteiger partial charge < -0.3 is 10.6 Å². The van der Waals surface area contributed by atoms with Crippen LogP contribution in [0.5, 0.6) is 0 Å². The number of nitrogens with one attached hydrogen (secondary N) is 2. The standard InChI is InChI=1S/C27H35N3O3/c1-6-7-20-10-14-23(15-11-20)27(5)25(32)30(26(33)29-27)17-24(31)28-19(4)22-12-8-21(9-13-22)16-18(2)3/h8-15,18-19H,6-7,16-17H2,1-5H3,(H,28,31)(H,29,33). The Kier molecular flexibility index (Phi) is 7.57. The topological polar surface area (TPSA) is 78.5 Å². The fourth-order valence-corrected chi connectivity index (χ4v) is 4.26. The van der Waals surface area contributed by atoms with E-state index in [0.29, 0.717) is 11.5 Å². The normalized spacial score (nSPS) is 19.0. The number of nitrogens with zero attached hydrogens (tertiary/aromatic N) is 1. The Hall–Kier alpha value is -3.15. The van der Waals surface area contributed by atoms with Crippen LogP contribution in [0.4, 0.5) is 4.79 Å². The van der Waals surface area contributed by atoms with Crippen LogP contribution in [0.2, 0.25) is 0 Å². The molecule has 2 aromatic carbocycles. The number of rotatable bonds is 9. The molecule has 33 heavy (non-hydrogen) atoms. The summed E-state index contributed by atoms with van der Waals surface area (Å²) in [6.07, 6.45) is 3.01. The van der Waals surface area contributed by atoms with Crippen LogP contribution in [0.25, 0.3) is 0 Å². The Bertz CT molecular complexity index is 998. The smallest absolute Gasteiger partial charge is 0.325 e. The first kappa shape index (κ1) is 24.5. The van der Waals surface area contributed by atoms with Gasteiger partial charge in [0.15, 0.2) is 0 Å². The number of carbonyl (C=O) groups is 3. The van der Waals surface area contributed by atoms with E-state index in [1.54, 1.807) is 6.92 Å². The van der Waals surface area contributed by atoms with Crippen molar-refractivity contribution in [3.63, 3.8) is 0 Å². The van der Waals surface area contributed by atoms with Gasteiger partial charge in [-0.25, -0.2) is 4.79 Å². The van der Waals surface area contributed by atoms with E-state index in [4.69, 9.17) is 0 Å². The number of aryl methyl sites for hydroxylation is 1. The molecule has 0 radical (unpaired) electrons. The number of hydrogen-bond donors (Lipinski definition) is 2. The van der Waals surface area contributed by atoms with E-state index in [-0.39, 0.29) is 18.5 Å². The van der Waals surface area contributed by atoms with Gasteiger partial charge in [-0.1, -0.05) is 75.7 Å². The van der Waals surface area contributed by atoms with Gasteiger partial charge in [0.05, 0.1) is 6.04 Å². The third-order valence-electron chi connectivity index (χ3n) is 6.15. The van der Waals surface area contributed by atoms with Crippen molar-refractivity contribution in [1.82, 2.24) is 15.5 Å². The van der Waals surface area contributed by atoms with Gasteiger partial charge in [0.2, 0.25) is 5.91 Å². The lowest BCUT2D eigenvalue weighted by atomic mass is 9.91. The van der Waals surface area contributed by atoms with Crippen molar-refractivity contribution in [3.8, 4) is 0 Å².